The maximum Gasteiger partial charge on any atom is 0.258 e. The predicted molar refractivity (Wildman–Crippen MR) is 76.3 cm³/mol. The standard InChI is InChI=1S/C14H24N4O/c1-18(2)14(19)12-10-16-17-13(12)15-9-11-7-5-3-4-6-8-11/h10-11H,3-9H2,1-2H3,(H2,15,16,17). The van der Waals surface area contributed by atoms with Gasteiger partial charge in [0.25, 0.3) is 5.91 Å². The molecule has 1 heterocycles. The van der Waals surface area contributed by atoms with Gasteiger partial charge < -0.3 is 10.2 Å². The van der Waals surface area contributed by atoms with Crippen LogP contribution < -0.4 is 5.32 Å². The molecule has 0 aromatic carbocycles. The topological polar surface area (TPSA) is 61.0 Å². The summed E-state index contributed by atoms with van der Waals surface area (Å²) in [5.74, 6) is 1.45. The molecule has 1 amide bonds. The van der Waals surface area contributed by atoms with E-state index in [1.54, 1.807) is 25.2 Å². The highest BCUT2D eigenvalue weighted by Gasteiger charge is 2.17. The van der Waals surface area contributed by atoms with Crippen LogP contribution in [0.15, 0.2) is 6.20 Å². The summed E-state index contributed by atoms with van der Waals surface area (Å²) in [6.07, 6.45) is 9.57. The predicted octanol–water partition coefficient (Wildman–Crippen LogP) is 2.49. The van der Waals surface area contributed by atoms with Gasteiger partial charge in [-0.3, -0.25) is 9.89 Å². The van der Waals surface area contributed by atoms with E-state index in [0.29, 0.717) is 11.5 Å². The van der Waals surface area contributed by atoms with E-state index in [4.69, 9.17) is 0 Å². The normalized spacial score (nSPS) is 16.9. The lowest BCUT2D eigenvalue weighted by Crippen LogP contribution is -2.23. The van der Waals surface area contributed by atoms with E-state index < -0.39 is 0 Å². The number of H-pyrrole nitrogens is 1. The van der Waals surface area contributed by atoms with Gasteiger partial charge in [-0.2, -0.15) is 5.10 Å². The highest BCUT2D eigenvalue weighted by atomic mass is 16.2. The lowest BCUT2D eigenvalue weighted by molar-refractivity contribution is 0.0828. The summed E-state index contributed by atoms with van der Waals surface area (Å²) in [6.45, 7) is 0.926. The molecule has 1 aromatic heterocycles. The van der Waals surface area contributed by atoms with Crippen LogP contribution in [0, 0.1) is 5.92 Å². The first kappa shape index (κ1) is 13.9. The minimum atomic E-state index is -0.0166. The molecule has 1 fully saturated rings. The monoisotopic (exact) mass is 264 g/mol. The molecule has 1 aliphatic rings. The zero-order valence-corrected chi connectivity index (χ0v) is 11.9. The SMILES string of the molecule is CN(C)C(=O)c1cn[nH]c1NCC1CCCCCC1. The van der Waals surface area contributed by atoms with Gasteiger partial charge in [0.1, 0.15) is 11.4 Å². The Morgan fingerprint density at radius 2 is 2.05 bits per heavy atom. The van der Waals surface area contributed by atoms with Crippen LogP contribution in [0.25, 0.3) is 0 Å². The van der Waals surface area contributed by atoms with Crippen LogP contribution in [0.2, 0.25) is 0 Å². The van der Waals surface area contributed by atoms with Gasteiger partial charge in [-0.25, -0.2) is 0 Å². The largest absolute Gasteiger partial charge is 0.370 e. The number of carbonyl (C=O) groups excluding carboxylic acids is 1. The summed E-state index contributed by atoms with van der Waals surface area (Å²) < 4.78 is 0. The van der Waals surface area contributed by atoms with Crippen molar-refractivity contribution >= 4 is 11.7 Å². The molecule has 5 nitrogen and oxygen atoms in total. The summed E-state index contributed by atoms with van der Waals surface area (Å²) in [4.78, 5) is 13.5. The summed E-state index contributed by atoms with van der Waals surface area (Å²) in [5, 5.41) is 10.2. The number of nitrogens with one attached hydrogen (secondary N) is 2. The summed E-state index contributed by atoms with van der Waals surface area (Å²) in [7, 11) is 3.51. The Bertz CT molecular complexity index is 405. The number of rotatable bonds is 4. The van der Waals surface area contributed by atoms with Crippen LogP contribution in [0.3, 0.4) is 0 Å². The van der Waals surface area contributed by atoms with Crippen molar-refractivity contribution in [3.05, 3.63) is 11.8 Å². The molecule has 0 radical (unpaired) electrons. The van der Waals surface area contributed by atoms with Crippen LogP contribution in [-0.2, 0) is 0 Å². The molecule has 0 spiro atoms. The quantitative estimate of drug-likeness (QED) is 0.821. The number of aromatic amines is 1. The van der Waals surface area contributed by atoms with E-state index in [1.165, 1.54) is 38.5 Å². The minimum absolute atomic E-state index is 0.0166. The fourth-order valence-corrected chi connectivity index (χ4v) is 2.64. The van der Waals surface area contributed by atoms with Crippen molar-refractivity contribution in [1.29, 1.82) is 0 Å². The zero-order chi connectivity index (χ0) is 13.7. The first-order valence-corrected chi connectivity index (χ1v) is 7.17. The Labute approximate surface area is 114 Å². The minimum Gasteiger partial charge on any atom is -0.370 e. The number of aromatic nitrogens is 2. The van der Waals surface area contributed by atoms with Crippen molar-refractivity contribution < 1.29 is 4.79 Å². The molecule has 1 saturated carbocycles. The Morgan fingerprint density at radius 3 is 2.68 bits per heavy atom. The summed E-state index contributed by atoms with van der Waals surface area (Å²) in [5.41, 5.74) is 0.624. The molecule has 0 unspecified atom stereocenters. The molecular formula is C14H24N4O. The molecule has 0 bridgehead atoms. The Balaban J connectivity index is 1.92. The van der Waals surface area contributed by atoms with E-state index >= 15 is 0 Å². The fourth-order valence-electron chi connectivity index (χ4n) is 2.64. The second-order valence-corrected chi connectivity index (χ2v) is 5.60. The molecule has 0 aliphatic heterocycles. The van der Waals surface area contributed by atoms with Gasteiger partial charge in [-0.05, 0) is 18.8 Å². The number of nitrogens with zero attached hydrogens (tertiary/aromatic N) is 2. The van der Waals surface area contributed by atoms with E-state index in [2.05, 4.69) is 15.5 Å². The molecule has 2 N–H and O–H groups in total. The van der Waals surface area contributed by atoms with Crippen molar-refractivity contribution in [3.8, 4) is 0 Å². The van der Waals surface area contributed by atoms with E-state index in [1.807, 2.05) is 0 Å². The molecular weight excluding hydrogens is 240 g/mol. The number of hydrogen-bond acceptors (Lipinski definition) is 3. The third-order valence-corrected chi connectivity index (χ3v) is 3.82. The zero-order valence-electron chi connectivity index (χ0n) is 11.9. The first-order chi connectivity index (χ1) is 9.18. The molecule has 0 atom stereocenters. The van der Waals surface area contributed by atoms with E-state index in [-0.39, 0.29) is 5.91 Å². The van der Waals surface area contributed by atoms with E-state index in [0.717, 1.165) is 12.4 Å². The highest BCUT2D eigenvalue weighted by molar-refractivity contribution is 5.98. The summed E-state index contributed by atoms with van der Waals surface area (Å²) >= 11 is 0. The molecule has 2 rings (SSSR count). The van der Waals surface area contributed by atoms with Gasteiger partial charge in [0.2, 0.25) is 0 Å². The van der Waals surface area contributed by atoms with Crippen molar-refractivity contribution in [2.45, 2.75) is 38.5 Å². The summed E-state index contributed by atoms with van der Waals surface area (Å²) in [6, 6.07) is 0. The van der Waals surface area contributed by atoms with Gasteiger partial charge >= 0.3 is 0 Å². The molecule has 5 heteroatoms. The smallest absolute Gasteiger partial charge is 0.258 e. The van der Waals surface area contributed by atoms with E-state index in [9.17, 15) is 4.79 Å². The molecule has 19 heavy (non-hydrogen) atoms. The van der Waals surface area contributed by atoms with Crippen LogP contribution in [0.1, 0.15) is 48.9 Å². The van der Waals surface area contributed by atoms with Crippen LogP contribution >= 0.6 is 0 Å². The average Bonchev–Trinajstić information content (AvgIpc) is 2.70. The number of anilines is 1. The van der Waals surface area contributed by atoms with Crippen LogP contribution in [0.5, 0.6) is 0 Å². The lowest BCUT2D eigenvalue weighted by atomic mass is 10.0. The Kier molecular flexibility index (Phi) is 4.82. The van der Waals surface area contributed by atoms with Crippen molar-refractivity contribution in [1.82, 2.24) is 15.1 Å². The molecule has 1 aromatic rings. The molecule has 1 aliphatic carbocycles. The Hall–Kier alpha value is -1.52. The van der Waals surface area contributed by atoms with Crippen molar-refractivity contribution in [2.75, 3.05) is 26.0 Å². The van der Waals surface area contributed by atoms with Crippen LogP contribution in [-0.4, -0.2) is 41.6 Å². The lowest BCUT2D eigenvalue weighted by Gasteiger charge is -2.16. The third-order valence-electron chi connectivity index (χ3n) is 3.82. The first-order valence-electron chi connectivity index (χ1n) is 7.17. The molecule has 106 valence electrons. The van der Waals surface area contributed by atoms with Gasteiger partial charge in [-0.1, -0.05) is 25.7 Å². The Morgan fingerprint density at radius 1 is 1.37 bits per heavy atom. The van der Waals surface area contributed by atoms with Crippen molar-refractivity contribution in [2.24, 2.45) is 5.92 Å². The second-order valence-electron chi connectivity index (χ2n) is 5.60. The molecule has 0 saturated heterocycles. The maximum absolute atomic E-state index is 12.0. The van der Waals surface area contributed by atoms with Gasteiger partial charge in [0.15, 0.2) is 0 Å². The second kappa shape index (κ2) is 6.59. The van der Waals surface area contributed by atoms with Crippen molar-refractivity contribution in [3.63, 3.8) is 0 Å². The van der Waals surface area contributed by atoms with Gasteiger partial charge in [0, 0.05) is 20.6 Å². The fraction of sp³-hybridized carbons (Fsp3) is 0.714. The van der Waals surface area contributed by atoms with Gasteiger partial charge in [0.05, 0.1) is 6.20 Å². The number of carbonyl (C=O) groups is 1. The van der Waals surface area contributed by atoms with Gasteiger partial charge in [-0.15, -0.1) is 0 Å². The maximum atomic E-state index is 12.0. The number of amides is 1. The third kappa shape index (κ3) is 3.72. The average molecular weight is 264 g/mol. The van der Waals surface area contributed by atoms with Crippen LogP contribution in [0.4, 0.5) is 5.82 Å². The highest BCUT2D eigenvalue weighted by Crippen LogP contribution is 2.23. The number of hydrogen-bond donors (Lipinski definition) is 2.